The van der Waals surface area contributed by atoms with Gasteiger partial charge in [-0.05, 0) is 38.7 Å². The first-order chi connectivity index (χ1) is 9.93. The molecule has 4 nitrogen and oxygen atoms in total. The van der Waals surface area contributed by atoms with Gasteiger partial charge >= 0.3 is 0 Å². The van der Waals surface area contributed by atoms with E-state index in [9.17, 15) is 0 Å². The van der Waals surface area contributed by atoms with Crippen molar-refractivity contribution in [2.75, 3.05) is 26.4 Å². The lowest BCUT2D eigenvalue weighted by Crippen LogP contribution is -2.22. The van der Waals surface area contributed by atoms with Gasteiger partial charge in [0.25, 0.3) is 0 Å². The van der Waals surface area contributed by atoms with Gasteiger partial charge < -0.3 is 14.2 Å². The monoisotopic (exact) mass is 291 g/mol. The van der Waals surface area contributed by atoms with Gasteiger partial charge in [0.2, 0.25) is 5.88 Å². The Morgan fingerprint density at radius 1 is 1.33 bits per heavy atom. The zero-order valence-corrected chi connectivity index (χ0v) is 13.4. The Balaban J connectivity index is 1.60. The average molecular weight is 291 g/mol. The van der Waals surface area contributed by atoms with Gasteiger partial charge in [-0.1, -0.05) is 13.0 Å². The van der Waals surface area contributed by atoms with Crippen molar-refractivity contribution in [3.63, 3.8) is 0 Å². The van der Waals surface area contributed by atoms with Crippen molar-refractivity contribution in [2.24, 2.45) is 11.8 Å². The van der Waals surface area contributed by atoms with Gasteiger partial charge in [0, 0.05) is 11.5 Å². The summed E-state index contributed by atoms with van der Waals surface area (Å²) in [6.07, 6.45) is 0. The van der Waals surface area contributed by atoms with Crippen LogP contribution in [0, 0.1) is 11.8 Å². The van der Waals surface area contributed by atoms with Gasteiger partial charge in [-0.15, -0.1) is 0 Å². The molecule has 1 aliphatic heterocycles. The first-order valence-electron chi connectivity index (χ1n) is 7.75. The Hall–Kier alpha value is -1.13. The number of ether oxygens (including phenoxy) is 3. The molecule has 1 saturated carbocycles. The van der Waals surface area contributed by atoms with E-state index in [1.165, 1.54) is 0 Å². The largest absolute Gasteiger partial charge is 0.475 e. The molecule has 0 spiro atoms. The van der Waals surface area contributed by atoms with E-state index in [0.29, 0.717) is 30.9 Å². The molecule has 1 aromatic heterocycles. The second-order valence-corrected chi connectivity index (χ2v) is 7.12. The smallest absolute Gasteiger partial charge is 0.213 e. The number of hydrogen-bond donors (Lipinski definition) is 0. The van der Waals surface area contributed by atoms with Crippen LogP contribution in [0.5, 0.6) is 5.88 Å². The van der Waals surface area contributed by atoms with Gasteiger partial charge in [-0.25, -0.2) is 4.98 Å². The molecule has 4 heteroatoms. The van der Waals surface area contributed by atoms with E-state index in [1.807, 2.05) is 32.9 Å². The summed E-state index contributed by atoms with van der Waals surface area (Å²) in [5, 5.41) is 0. The second-order valence-electron chi connectivity index (χ2n) is 7.12. The molecule has 3 atom stereocenters. The fourth-order valence-corrected chi connectivity index (χ4v) is 3.36. The summed E-state index contributed by atoms with van der Waals surface area (Å²) >= 11 is 0. The summed E-state index contributed by atoms with van der Waals surface area (Å²) in [6, 6.07) is 6.04. The molecule has 1 aromatic rings. The third-order valence-corrected chi connectivity index (χ3v) is 4.68. The lowest BCUT2D eigenvalue weighted by atomic mass is 9.99. The first kappa shape index (κ1) is 14.8. The number of pyridine rings is 1. The summed E-state index contributed by atoms with van der Waals surface area (Å²) in [5.74, 6) is 1.98. The van der Waals surface area contributed by atoms with Crippen LogP contribution >= 0.6 is 0 Å². The van der Waals surface area contributed by atoms with Crippen LogP contribution in [0.2, 0.25) is 0 Å². The molecule has 0 radical (unpaired) electrons. The minimum absolute atomic E-state index is 0.130. The molecular formula is C17H25NO3. The van der Waals surface area contributed by atoms with Gasteiger partial charge in [0.05, 0.1) is 31.1 Å². The summed E-state index contributed by atoms with van der Waals surface area (Å²) in [7, 11) is 0. The van der Waals surface area contributed by atoms with E-state index in [1.54, 1.807) is 0 Å². The third-order valence-electron chi connectivity index (χ3n) is 4.68. The van der Waals surface area contributed by atoms with Crippen molar-refractivity contribution in [3.8, 4) is 5.88 Å². The Labute approximate surface area is 126 Å². The zero-order chi connectivity index (χ0) is 15.1. The molecule has 2 aliphatic rings. The molecule has 21 heavy (non-hydrogen) atoms. The van der Waals surface area contributed by atoms with E-state index < -0.39 is 0 Å². The molecule has 0 aromatic carbocycles. The van der Waals surface area contributed by atoms with Crippen molar-refractivity contribution in [1.82, 2.24) is 4.98 Å². The van der Waals surface area contributed by atoms with Crippen molar-refractivity contribution >= 4 is 0 Å². The summed E-state index contributed by atoms with van der Waals surface area (Å²) in [4.78, 5) is 4.69. The highest BCUT2D eigenvalue weighted by Gasteiger charge is 2.67. The highest BCUT2D eigenvalue weighted by molar-refractivity contribution is 5.35. The van der Waals surface area contributed by atoms with E-state index in [4.69, 9.17) is 19.2 Å². The molecule has 3 rings (SSSR count). The fraction of sp³-hybridized carbons (Fsp3) is 0.706. The number of nitrogens with zero attached hydrogens (tertiary/aromatic N) is 1. The Kier molecular flexibility index (Phi) is 3.70. The molecule has 0 N–H and O–H groups in total. The van der Waals surface area contributed by atoms with Gasteiger partial charge in [-0.2, -0.15) is 0 Å². The van der Waals surface area contributed by atoms with E-state index >= 15 is 0 Å². The normalized spacial score (nSPS) is 31.0. The van der Waals surface area contributed by atoms with Crippen molar-refractivity contribution in [3.05, 3.63) is 23.9 Å². The first-order valence-corrected chi connectivity index (χ1v) is 7.75. The second kappa shape index (κ2) is 5.25. The predicted molar refractivity (Wildman–Crippen MR) is 80.6 cm³/mol. The molecule has 2 fully saturated rings. The van der Waals surface area contributed by atoms with E-state index in [-0.39, 0.29) is 11.0 Å². The summed E-state index contributed by atoms with van der Waals surface area (Å²) < 4.78 is 17.0. The van der Waals surface area contributed by atoms with Crippen molar-refractivity contribution in [1.29, 1.82) is 0 Å². The summed E-state index contributed by atoms with van der Waals surface area (Å²) in [5.41, 5.74) is 1.13. The van der Waals surface area contributed by atoms with Crippen LogP contribution in [0.25, 0.3) is 0 Å². The Morgan fingerprint density at radius 3 is 2.81 bits per heavy atom. The van der Waals surface area contributed by atoms with Crippen LogP contribution < -0.4 is 4.74 Å². The van der Waals surface area contributed by atoms with E-state index in [0.717, 1.165) is 18.9 Å². The standard InChI is InChI=1S/C17H25NO3/c1-12-13-10-19-11-17(12,13)14-6-5-7-15(18-14)20-8-9-21-16(2,3)4/h5-7,12-13H,8-11H2,1-4H3/t12-,13+,17+/m1/s1. The van der Waals surface area contributed by atoms with Gasteiger partial charge in [-0.3, -0.25) is 0 Å². The van der Waals surface area contributed by atoms with Gasteiger partial charge in [0.1, 0.15) is 6.61 Å². The number of aromatic nitrogens is 1. The van der Waals surface area contributed by atoms with Crippen LogP contribution in [0.1, 0.15) is 33.4 Å². The summed E-state index contributed by atoms with van der Waals surface area (Å²) in [6.45, 7) is 11.2. The quantitative estimate of drug-likeness (QED) is 0.782. The van der Waals surface area contributed by atoms with Crippen LogP contribution in [-0.4, -0.2) is 37.0 Å². The minimum Gasteiger partial charge on any atom is -0.475 e. The molecular weight excluding hydrogens is 266 g/mol. The number of rotatable bonds is 5. The third kappa shape index (κ3) is 2.79. The van der Waals surface area contributed by atoms with Crippen LogP contribution in [0.4, 0.5) is 0 Å². The lowest BCUT2D eigenvalue weighted by molar-refractivity contribution is -0.0168. The molecule has 1 saturated heterocycles. The maximum absolute atomic E-state index is 5.72. The van der Waals surface area contributed by atoms with Crippen molar-refractivity contribution < 1.29 is 14.2 Å². The van der Waals surface area contributed by atoms with Crippen LogP contribution in [0.15, 0.2) is 18.2 Å². The predicted octanol–water partition coefficient (Wildman–Crippen LogP) is 2.81. The Morgan fingerprint density at radius 2 is 2.14 bits per heavy atom. The highest BCUT2D eigenvalue weighted by Crippen LogP contribution is 2.62. The topological polar surface area (TPSA) is 40.6 Å². The minimum atomic E-state index is -0.130. The Bertz CT molecular complexity index is 511. The molecule has 0 unspecified atom stereocenters. The zero-order valence-electron chi connectivity index (χ0n) is 13.4. The van der Waals surface area contributed by atoms with Crippen LogP contribution in [-0.2, 0) is 14.9 Å². The molecule has 2 heterocycles. The molecule has 1 aliphatic carbocycles. The molecule has 116 valence electrons. The number of hydrogen-bond acceptors (Lipinski definition) is 4. The molecule has 0 bridgehead atoms. The van der Waals surface area contributed by atoms with E-state index in [2.05, 4.69) is 13.0 Å². The maximum Gasteiger partial charge on any atom is 0.213 e. The highest BCUT2D eigenvalue weighted by atomic mass is 16.5. The van der Waals surface area contributed by atoms with Crippen molar-refractivity contribution in [2.45, 2.75) is 38.7 Å². The maximum atomic E-state index is 5.72. The van der Waals surface area contributed by atoms with Crippen LogP contribution in [0.3, 0.4) is 0 Å². The average Bonchev–Trinajstić information content (AvgIpc) is 2.83. The molecule has 0 amide bonds. The fourth-order valence-electron chi connectivity index (χ4n) is 3.36. The SMILES string of the molecule is C[C@@H]1[C@@H]2COC[C@]12c1cccc(OCCOC(C)(C)C)n1. The number of fused-ring (bicyclic) bond motifs is 1. The lowest BCUT2D eigenvalue weighted by Gasteiger charge is -2.19. The van der Waals surface area contributed by atoms with Gasteiger partial charge in [0.15, 0.2) is 0 Å².